The first kappa shape index (κ1) is 29.9. The first-order chi connectivity index (χ1) is 21.6. The van der Waals surface area contributed by atoms with Crippen LogP contribution in [0.25, 0.3) is 5.65 Å². The number of aryl methyl sites for hydroxylation is 1. The highest BCUT2D eigenvalue weighted by molar-refractivity contribution is 6.04. The Morgan fingerprint density at radius 3 is 2.60 bits per heavy atom. The fourth-order valence-electron chi connectivity index (χ4n) is 5.21. The molecule has 0 bridgehead atoms. The van der Waals surface area contributed by atoms with Crippen LogP contribution in [0.4, 0.5) is 30.2 Å². The minimum absolute atomic E-state index is 0.0665. The molecule has 3 aromatic heterocycles. The van der Waals surface area contributed by atoms with Crippen LogP contribution in [0.1, 0.15) is 38.3 Å². The highest BCUT2D eigenvalue weighted by Crippen LogP contribution is 2.34. The van der Waals surface area contributed by atoms with Crippen LogP contribution >= 0.6 is 0 Å². The molecule has 45 heavy (non-hydrogen) atoms. The molecule has 0 atom stereocenters. The number of carbonyl (C=O) groups is 1. The Morgan fingerprint density at radius 1 is 1.02 bits per heavy atom. The SMILES string of the molecule is Cc1ccc(NC(=O)c2ccc(CN3CCN(C)CC3)c(C(F)(F)F)c2)cc1C#Cc1cnc2c(Nc3cn[nH]c3)cccn12. The van der Waals surface area contributed by atoms with E-state index in [1.807, 2.05) is 41.6 Å². The lowest BCUT2D eigenvalue weighted by molar-refractivity contribution is -0.138. The van der Waals surface area contributed by atoms with Gasteiger partial charge in [-0.2, -0.15) is 18.3 Å². The second-order valence-corrected chi connectivity index (χ2v) is 11.1. The zero-order valence-corrected chi connectivity index (χ0v) is 24.7. The monoisotopic (exact) mass is 612 g/mol. The normalized spacial score (nSPS) is 14.2. The van der Waals surface area contributed by atoms with Crippen LogP contribution in [0.15, 0.2) is 73.3 Å². The molecule has 0 saturated carbocycles. The minimum Gasteiger partial charge on any atom is -0.350 e. The number of imidazole rings is 1. The molecule has 1 saturated heterocycles. The van der Waals surface area contributed by atoms with Crippen molar-refractivity contribution in [3.63, 3.8) is 0 Å². The quantitative estimate of drug-likeness (QED) is 0.219. The predicted octanol–water partition coefficient (Wildman–Crippen LogP) is 5.53. The number of pyridine rings is 1. The lowest BCUT2D eigenvalue weighted by Crippen LogP contribution is -2.44. The number of nitrogens with zero attached hydrogens (tertiary/aromatic N) is 5. The number of aromatic amines is 1. The van der Waals surface area contributed by atoms with Crippen molar-refractivity contribution in [2.24, 2.45) is 0 Å². The number of likely N-dealkylation sites (N-methyl/N-ethyl adjacent to an activating group) is 1. The number of H-pyrrole nitrogens is 1. The van der Waals surface area contributed by atoms with Crippen LogP contribution in [-0.4, -0.2) is 68.5 Å². The Morgan fingerprint density at radius 2 is 1.84 bits per heavy atom. The Hall–Kier alpha value is -5.12. The number of hydrogen-bond donors (Lipinski definition) is 3. The maximum Gasteiger partial charge on any atom is 0.416 e. The van der Waals surface area contributed by atoms with Crippen LogP contribution in [0.5, 0.6) is 0 Å². The summed E-state index contributed by atoms with van der Waals surface area (Å²) in [5, 5.41) is 12.7. The van der Waals surface area contributed by atoms with E-state index in [9.17, 15) is 18.0 Å². The van der Waals surface area contributed by atoms with Crippen molar-refractivity contribution < 1.29 is 18.0 Å². The van der Waals surface area contributed by atoms with E-state index in [0.29, 0.717) is 35.7 Å². The molecule has 6 rings (SSSR count). The number of anilines is 3. The molecule has 0 unspecified atom stereocenters. The molecule has 12 heteroatoms. The average molecular weight is 613 g/mol. The van der Waals surface area contributed by atoms with Crippen molar-refractivity contribution in [2.75, 3.05) is 43.9 Å². The Balaban J connectivity index is 1.20. The lowest BCUT2D eigenvalue weighted by atomic mass is 10.0. The number of amides is 1. The van der Waals surface area contributed by atoms with Gasteiger partial charge in [-0.25, -0.2) is 4.98 Å². The van der Waals surface area contributed by atoms with Gasteiger partial charge in [-0.05, 0) is 67.4 Å². The van der Waals surface area contributed by atoms with Crippen molar-refractivity contribution in [1.82, 2.24) is 29.4 Å². The molecule has 5 aromatic rings. The van der Waals surface area contributed by atoms with E-state index in [1.54, 1.807) is 36.8 Å². The van der Waals surface area contributed by atoms with Crippen molar-refractivity contribution in [2.45, 2.75) is 19.6 Å². The molecule has 3 N–H and O–H groups in total. The molecule has 0 spiro atoms. The number of nitrogens with one attached hydrogen (secondary N) is 3. The first-order valence-electron chi connectivity index (χ1n) is 14.4. The first-order valence-corrected chi connectivity index (χ1v) is 14.4. The van der Waals surface area contributed by atoms with Crippen LogP contribution < -0.4 is 10.6 Å². The van der Waals surface area contributed by atoms with Gasteiger partial charge in [0.25, 0.3) is 5.91 Å². The Kier molecular flexibility index (Phi) is 8.30. The number of fused-ring (bicyclic) bond motifs is 1. The van der Waals surface area contributed by atoms with E-state index in [0.717, 1.165) is 36.1 Å². The second kappa shape index (κ2) is 12.5. The summed E-state index contributed by atoms with van der Waals surface area (Å²) >= 11 is 0. The van der Waals surface area contributed by atoms with Gasteiger partial charge in [0.05, 0.1) is 29.3 Å². The van der Waals surface area contributed by atoms with Crippen LogP contribution in [-0.2, 0) is 12.7 Å². The third-order valence-corrected chi connectivity index (χ3v) is 7.80. The number of hydrogen-bond acceptors (Lipinski definition) is 6. The summed E-state index contributed by atoms with van der Waals surface area (Å²) in [4.78, 5) is 21.8. The Labute approximate surface area is 258 Å². The summed E-state index contributed by atoms with van der Waals surface area (Å²) in [6.45, 7) is 5.06. The van der Waals surface area contributed by atoms with Crippen molar-refractivity contribution >= 4 is 28.6 Å². The van der Waals surface area contributed by atoms with E-state index in [-0.39, 0.29) is 17.7 Å². The van der Waals surface area contributed by atoms with Gasteiger partial charge < -0.3 is 15.5 Å². The molecule has 0 aliphatic carbocycles. The van der Waals surface area contributed by atoms with Gasteiger partial charge in [-0.15, -0.1) is 0 Å². The van der Waals surface area contributed by atoms with Crippen LogP contribution in [0.3, 0.4) is 0 Å². The standard InChI is InChI=1S/C33H31F3N8O/c1-22-5-9-26(16-23(22)8-10-28-20-37-31-30(4-3-11-44(28)31)40-27-18-38-39-19-27)41-32(45)24-6-7-25(29(17-24)33(34,35)36)21-43-14-12-42(2)13-15-43/h3-7,9,11,16-20,40H,12-15,21H2,1-2H3,(H,38,39)(H,41,45). The molecule has 9 nitrogen and oxygen atoms in total. The fraction of sp³-hybridized carbons (Fsp3) is 0.242. The average Bonchev–Trinajstić information content (AvgIpc) is 3.69. The predicted molar refractivity (Wildman–Crippen MR) is 166 cm³/mol. The number of carbonyl (C=O) groups excluding carboxylic acids is 1. The third kappa shape index (κ3) is 6.85. The number of rotatable bonds is 6. The van der Waals surface area contributed by atoms with E-state index in [2.05, 4.69) is 42.6 Å². The Bertz CT molecular complexity index is 1890. The smallest absolute Gasteiger partial charge is 0.350 e. The number of benzene rings is 2. The van der Waals surface area contributed by atoms with Gasteiger partial charge in [0.2, 0.25) is 0 Å². The molecule has 230 valence electrons. The number of piperazine rings is 1. The second-order valence-electron chi connectivity index (χ2n) is 11.1. The molecular weight excluding hydrogens is 581 g/mol. The van der Waals surface area contributed by atoms with Gasteiger partial charge in [0.15, 0.2) is 5.65 Å². The zero-order valence-electron chi connectivity index (χ0n) is 24.7. The van der Waals surface area contributed by atoms with Gasteiger partial charge >= 0.3 is 6.18 Å². The molecule has 1 aliphatic rings. The summed E-state index contributed by atoms with van der Waals surface area (Å²) in [5.41, 5.74) is 4.20. The van der Waals surface area contributed by atoms with E-state index >= 15 is 0 Å². The molecule has 1 amide bonds. The van der Waals surface area contributed by atoms with Crippen molar-refractivity contribution in [3.8, 4) is 11.8 Å². The summed E-state index contributed by atoms with van der Waals surface area (Å²) in [6, 6.07) is 12.8. The summed E-state index contributed by atoms with van der Waals surface area (Å²) in [5.74, 6) is 5.67. The number of aromatic nitrogens is 4. The van der Waals surface area contributed by atoms with E-state index in [1.165, 1.54) is 12.1 Å². The van der Waals surface area contributed by atoms with Crippen LogP contribution in [0.2, 0.25) is 0 Å². The van der Waals surface area contributed by atoms with Gasteiger partial charge in [-0.1, -0.05) is 18.1 Å². The summed E-state index contributed by atoms with van der Waals surface area (Å²) in [6.07, 6.45) is 2.36. The van der Waals surface area contributed by atoms with Gasteiger partial charge in [-0.3, -0.25) is 19.2 Å². The van der Waals surface area contributed by atoms with Gasteiger partial charge in [0.1, 0.15) is 5.69 Å². The van der Waals surface area contributed by atoms with Crippen molar-refractivity contribution in [3.05, 3.63) is 107 Å². The molecule has 1 aliphatic heterocycles. The summed E-state index contributed by atoms with van der Waals surface area (Å²) < 4.78 is 44.0. The molecule has 2 aromatic carbocycles. The largest absolute Gasteiger partial charge is 0.416 e. The third-order valence-electron chi connectivity index (χ3n) is 7.80. The maximum absolute atomic E-state index is 14.1. The molecule has 0 radical (unpaired) electrons. The van der Waals surface area contributed by atoms with Gasteiger partial charge in [0, 0.05) is 61.9 Å². The molecule has 1 fully saturated rings. The topological polar surface area (TPSA) is 93.6 Å². The lowest BCUT2D eigenvalue weighted by Gasteiger charge is -2.33. The highest BCUT2D eigenvalue weighted by atomic mass is 19.4. The fourth-order valence-corrected chi connectivity index (χ4v) is 5.21. The number of alkyl halides is 3. The van der Waals surface area contributed by atoms with Crippen molar-refractivity contribution in [1.29, 1.82) is 0 Å². The minimum atomic E-state index is -4.58. The highest BCUT2D eigenvalue weighted by Gasteiger charge is 2.34. The maximum atomic E-state index is 14.1. The van der Waals surface area contributed by atoms with E-state index in [4.69, 9.17) is 0 Å². The van der Waals surface area contributed by atoms with E-state index < -0.39 is 17.6 Å². The number of halogens is 3. The van der Waals surface area contributed by atoms with Crippen LogP contribution in [0, 0.1) is 18.8 Å². The molecular formula is C33H31F3N8O. The summed E-state index contributed by atoms with van der Waals surface area (Å²) in [7, 11) is 2.00. The zero-order chi connectivity index (χ0) is 31.6. The molecule has 4 heterocycles.